The Morgan fingerprint density at radius 3 is 2.83 bits per heavy atom. The number of rotatable bonds is 3. The molecule has 0 N–H and O–H groups in total. The number of pyridine rings is 1. The summed E-state index contributed by atoms with van der Waals surface area (Å²) in [6, 6.07) is 9.84. The minimum Gasteiger partial charge on any atom is -0.327 e. The molecule has 0 saturated carbocycles. The van der Waals surface area contributed by atoms with Gasteiger partial charge in [0.15, 0.2) is 0 Å². The molecule has 4 rings (SSSR count). The van der Waals surface area contributed by atoms with E-state index >= 15 is 0 Å². The van der Waals surface area contributed by atoms with E-state index in [2.05, 4.69) is 32.9 Å². The first-order chi connectivity index (χ1) is 11.7. The van der Waals surface area contributed by atoms with Crippen molar-refractivity contribution >= 4 is 46.0 Å². The number of nitrogens with zero attached hydrogens (tertiary/aromatic N) is 3. The molecule has 0 spiro atoms. The first-order valence-corrected chi connectivity index (χ1v) is 8.53. The van der Waals surface area contributed by atoms with Crippen molar-refractivity contribution in [1.29, 1.82) is 0 Å². The van der Waals surface area contributed by atoms with Crippen molar-refractivity contribution in [2.45, 2.75) is 13.0 Å². The van der Waals surface area contributed by atoms with Gasteiger partial charge in [0.2, 0.25) is 0 Å². The van der Waals surface area contributed by atoms with E-state index in [-0.39, 0.29) is 0 Å². The predicted molar refractivity (Wildman–Crippen MR) is 101 cm³/mol. The number of aliphatic imine (C=N–C) groups is 1. The van der Waals surface area contributed by atoms with Crippen LogP contribution >= 0.6 is 23.2 Å². The Bertz CT molecular complexity index is 970. The van der Waals surface area contributed by atoms with E-state index in [1.807, 2.05) is 36.7 Å². The van der Waals surface area contributed by atoms with Crippen molar-refractivity contribution < 1.29 is 0 Å². The lowest BCUT2D eigenvalue weighted by Crippen LogP contribution is -1.99. The Morgan fingerprint density at radius 2 is 2.04 bits per heavy atom. The van der Waals surface area contributed by atoms with E-state index in [9.17, 15) is 0 Å². The average Bonchev–Trinajstić information content (AvgIpc) is 2.98. The largest absolute Gasteiger partial charge is 0.327 e. The Morgan fingerprint density at radius 1 is 1.12 bits per heavy atom. The molecule has 1 aliphatic rings. The number of allylic oxidation sites excluding steroid dienone is 1. The Labute approximate surface area is 150 Å². The van der Waals surface area contributed by atoms with Crippen molar-refractivity contribution in [3.63, 3.8) is 0 Å². The first kappa shape index (κ1) is 15.4. The molecule has 1 aromatic carbocycles. The lowest BCUT2D eigenvalue weighted by Gasteiger charge is -2.07. The third-order valence-corrected chi connectivity index (χ3v) is 4.94. The maximum absolute atomic E-state index is 6.14. The fourth-order valence-electron chi connectivity index (χ4n) is 3.04. The molecule has 3 heterocycles. The number of aromatic nitrogens is 2. The smallest absolute Gasteiger partial charge is 0.140 e. The number of benzene rings is 1. The summed E-state index contributed by atoms with van der Waals surface area (Å²) >= 11 is 12.2. The van der Waals surface area contributed by atoms with Gasteiger partial charge in [0.05, 0.1) is 16.6 Å². The van der Waals surface area contributed by atoms with Gasteiger partial charge in [-0.1, -0.05) is 35.3 Å². The van der Waals surface area contributed by atoms with Gasteiger partial charge in [0.1, 0.15) is 5.65 Å². The van der Waals surface area contributed by atoms with Crippen LogP contribution in [0.4, 0.5) is 0 Å². The van der Waals surface area contributed by atoms with E-state index in [0.29, 0.717) is 16.6 Å². The number of fused-ring (bicyclic) bond motifs is 1. The molecule has 0 bridgehead atoms. The summed E-state index contributed by atoms with van der Waals surface area (Å²) in [6.45, 7) is 1.45. The van der Waals surface area contributed by atoms with Crippen molar-refractivity contribution in [1.82, 2.24) is 9.55 Å². The second-order valence-corrected chi connectivity index (χ2v) is 6.59. The summed E-state index contributed by atoms with van der Waals surface area (Å²) in [4.78, 5) is 8.85. The molecule has 3 nitrogen and oxygen atoms in total. The van der Waals surface area contributed by atoms with Crippen LogP contribution < -0.4 is 0 Å². The van der Waals surface area contributed by atoms with Crippen molar-refractivity contribution in [2.75, 3.05) is 6.54 Å². The van der Waals surface area contributed by atoms with E-state index in [0.717, 1.165) is 24.2 Å². The third-order valence-electron chi connectivity index (χ3n) is 4.20. The molecule has 0 amide bonds. The molecule has 3 aromatic rings. The van der Waals surface area contributed by atoms with E-state index < -0.39 is 0 Å². The summed E-state index contributed by atoms with van der Waals surface area (Å²) in [5.74, 6) is 0. The minimum absolute atomic E-state index is 0.572. The standard InChI is InChI=1S/C19H15Cl2N3/c20-17-4-3-13(10-18(17)21)11-24-12-16(14-5-8-22-9-6-14)15-2-1-7-23-19(15)24/h1-5,7,9-10,12H,6,8,11H2. The number of dihydropyridines is 1. The number of hydrogen-bond donors (Lipinski definition) is 0. The summed E-state index contributed by atoms with van der Waals surface area (Å²) < 4.78 is 2.16. The zero-order valence-corrected chi connectivity index (χ0v) is 14.4. The van der Waals surface area contributed by atoms with E-state index in [1.54, 1.807) is 0 Å². The van der Waals surface area contributed by atoms with E-state index in [1.165, 1.54) is 16.5 Å². The van der Waals surface area contributed by atoms with Gasteiger partial charge in [-0.25, -0.2) is 4.98 Å². The van der Waals surface area contributed by atoms with Crippen LogP contribution in [0.1, 0.15) is 17.5 Å². The molecule has 0 unspecified atom stereocenters. The maximum atomic E-state index is 6.14. The molecule has 0 fully saturated rings. The highest BCUT2D eigenvalue weighted by molar-refractivity contribution is 6.42. The molecule has 2 aromatic heterocycles. The second-order valence-electron chi connectivity index (χ2n) is 5.77. The highest BCUT2D eigenvalue weighted by atomic mass is 35.5. The molecule has 0 radical (unpaired) electrons. The Kier molecular flexibility index (Phi) is 4.13. The first-order valence-electron chi connectivity index (χ1n) is 7.78. The van der Waals surface area contributed by atoms with Gasteiger partial charge < -0.3 is 4.57 Å². The van der Waals surface area contributed by atoms with Crippen LogP contribution in [-0.4, -0.2) is 22.3 Å². The van der Waals surface area contributed by atoms with Crippen LogP contribution in [-0.2, 0) is 6.54 Å². The normalized spacial score (nSPS) is 14.2. The fourth-order valence-corrected chi connectivity index (χ4v) is 3.36. The number of halogens is 2. The van der Waals surface area contributed by atoms with Gasteiger partial charge in [-0.15, -0.1) is 0 Å². The average molecular weight is 356 g/mol. The zero-order valence-electron chi connectivity index (χ0n) is 12.9. The Balaban J connectivity index is 1.78. The minimum atomic E-state index is 0.572. The van der Waals surface area contributed by atoms with Crippen molar-refractivity contribution in [2.24, 2.45) is 4.99 Å². The Hall–Kier alpha value is -2.10. The molecule has 0 aliphatic carbocycles. The molecule has 120 valence electrons. The van der Waals surface area contributed by atoms with Gasteiger partial charge >= 0.3 is 0 Å². The summed E-state index contributed by atoms with van der Waals surface area (Å²) in [6.07, 6.45) is 9.03. The second kappa shape index (κ2) is 6.42. The van der Waals surface area contributed by atoms with Crippen LogP contribution in [0.3, 0.4) is 0 Å². The van der Waals surface area contributed by atoms with Crippen LogP contribution in [0, 0.1) is 0 Å². The lowest BCUT2D eigenvalue weighted by molar-refractivity contribution is 0.824. The summed E-state index contributed by atoms with van der Waals surface area (Å²) in [5.41, 5.74) is 4.60. The monoisotopic (exact) mass is 355 g/mol. The molecule has 5 heteroatoms. The summed E-state index contributed by atoms with van der Waals surface area (Å²) in [7, 11) is 0. The molecule has 1 aliphatic heterocycles. The third kappa shape index (κ3) is 2.85. The van der Waals surface area contributed by atoms with E-state index in [4.69, 9.17) is 23.2 Å². The highest BCUT2D eigenvalue weighted by Gasteiger charge is 2.14. The molecule has 24 heavy (non-hydrogen) atoms. The number of hydrogen-bond acceptors (Lipinski definition) is 2. The van der Waals surface area contributed by atoms with Gasteiger partial charge in [0, 0.05) is 42.5 Å². The molecular weight excluding hydrogens is 341 g/mol. The molecular formula is C19H15Cl2N3. The topological polar surface area (TPSA) is 30.2 Å². The molecule has 0 saturated heterocycles. The van der Waals surface area contributed by atoms with Crippen LogP contribution in [0.5, 0.6) is 0 Å². The van der Waals surface area contributed by atoms with Crippen LogP contribution in [0.25, 0.3) is 16.6 Å². The quantitative estimate of drug-likeness (QED) is 0.630. The van der Waals surface area contributed by atoms with Gasteiger partial charge in [-0.05, 0) is 35.4 Å². The molecule has 0 atom stereocenters. The van der Waals surface area contributed by atoms with Crippen molar-refractivity contribution in [3.8, 4) is 0 Å². The van der Waals surface area contributed by atoms with Crippen molar-refractivity contribution in [3.05, 3.63) is 70.0 Å². The zero-order chi connectivity index (χ0) is 16.5. The summed E-state index contributed by atoms with van der Waals surface area (Å²) in [5, 5.41) is 2.31. The SMILES string of the molecule is Clc1ccc(Cn2cc(C3=CCN=CC3)c3cccnc32)cc1Cl. The van der Waals surface area contributed by atoms with Gasteiger partial charge in [-0.3, -0.25) is 4.99 Å². The van der Waals surface area contributed by atoms with Gasteiger partial charge in [0.25, 0.3) is 0 Å². The fraction of sp³-hybridized carbons (Fsp3) is 0.158. The predicted octanol–water partition coefficient (Wildman–Crippen LogP) is 5.25. The lowest BCUT2D eigenvalue weighted by atomic mass is 10.0. The van der Waals surface area contributed by atoms with Crippen LogP contribution in [0.15, 0.2) is 53.8 Å². The van der Waals surface area contributed by atoms with Crippen LogP contribution in [0.2, 0.25) is 10.0 Å². The highest BCUT2D eigenvalue weighted by Crippen LogP contribution is 2.30. The maximum Gasteiger partial charge on any atom is 0.140 e. The van der Waals surface area contributed by atoms with Gasteiger partial charge in [-0.2, -0.15) is 0 Å².